The molecular formula is C16H14N2O2. The molecule has 0 unspecified atom stereocenters. The maximum atomic E-state index is 11.1. The first-order valence-electron chi connectivity index (χ1n) is 6.14. The van der Waals surface area contributed by atoms with Crippen LogP contribution in [-0.2, 0) is 6.42 Å². The second-order valence-corrected chi connectivity index (χ2v) is 4.57. The van der Waals surface area contributed by atoms with Gasteiger partial charge in [-0.2, -0.15) is 5.26 Å². The number of carbonyl (C=O) groups is 1. The van der Waals surface area contributed by atoms with E-state index in [1.165, 1.54) is 6.07 Å². The standard InChI is InChI=1S/C16H14N2O2/c1-10-13(7-11-5-3-2-4-6-11)12(9-17)8-14(15(10)18)16(19)20/h2-6,8H,7,18H2,1H3,(H,19,20). The van der Waals surface area contributed by atoms with Crippen LogP contribution in [0.2, 0.25) is 0 Å². The zero-order valence-corrected chi connectivity index (χ0v) is 11.1. The molecule has 2 aromatic rings. The highest BCUT2D eigenvalue weighted by Gasteiger charge is 2.17. The quantitative estimate of drug-likeness (QED) is 0.836. The molecule has 0 spiro atoms. The molecule has 4 heteroatoms. The molecular weight excluding hydrogens is 252 g/mol. The van der Waals surface area contributed by atoms with Crippen LogP contribution in [0.3, 0.4) is 0 Å². The van der Waals surface area contributed by atoms with Crippen molar-refractivity contribution in [3.63, 3.8) is 0 Å². The van der Waals surface area contributed by atoms with E-state index in [1.807, 2.05) is 30.3 Å². The Morgan fingerprint density at radius 3 is 2.55 bits per heavy atom. The number of nitrogens with zero attached hydrogens (tertiary/aromatic N) is 1. The Morgan fingerprint density at radius 1 is 1.35 bits per heavy atom. The van der Waals surface area contributed by atoms with Gasteiger partial charge >= 0.3 is 5.97 Å². The molecule has 0 bridgehead atoms. The van der Waals surface area contributed by atoms with E-state index in [1.54, 1.807) is 6.92 Å². The smallest absolute Gasteiger partial charge is 0.337 e. The van der Waals surface area contributed by atoms with Crippen molar-refractivity contribution in [2.24, 2.45) is 0 Å². The lowest BCUT2D eigenvalue weighted by atomic mass is 9.92. The molecule has 0 radical (unpaired) electrons. The second kappa shape index (κ2) is 5.45. The zero-order chi connectivity index (χ0) is 14.7. The van der Waals surface area contributed by atoms with Gasteiger partial charge in [-0.25, -0.2) is 4.79 Å². The molecule has 20 heavy (non-hydrogen) atoms. The fourth-order valence-electron chi connectivity index (χ4n) is 2.18. The van der Waals surface area contributed by atoms with E-state index in [4.69, 9.17) is 10.8 Å². The summed E-state index contributed by atoms with van der Waals surface area (Å²) in [5, 5.41) is 18.3. The van der Waals surface area contributed by atoms with E-state index < -0.39 is 5.97 Å². The van der Waals surface area contributed by atoms with Crippen molar-refractivity contribution < 1.29 is 9.90 Å². The van der Waals surface area contributed by atoms with Gasteiger partial charge in [0.05, 0.1) is 17.2 Å². The third-order valence-electron chi connectivity index (χ3n) is 3.34. The minimum Gasteiger partial charge on any atom is -0.478 e. The summed E-state index contributed by atoms with van der Waals surface area (Å²) in [5.41, 5.74) is 8.92. The number of carboxylic acids is 1. The van der Waals surface area contributed by atoms with Gasteiger partial charge < -0.3 is 10.8 Å². The number of anilines is 1. The molecule has 0 heterocycles. The summed E-state index contributed by atoms with van der Waals surface area (Å²) >= 11 is 0. The molecule has 0 saturated heterocycles. The van der Waals surface area contributed by atoms with E-state index in [-0.39, 0.29) is 11.3 Å². The van der Waals surface area contributed by atoms with Gasteiger partial charge in [0.25, 0.3) is 0 Å². The molecule has 2 rings (SSSR count). The number of nitrogen functional groups attached to an aromatic ring is 1. The van der Waals surface area contributed by atoms with Crippen LogP contribution in [0.1, 0.15) is 32.6 Å². The van der Waals surface area contributed by atoms with Gasteiger partial charge in [0, 0.05) is 5.69 Å². The molecule has 2 aromatic carbocycles. The molecule has 0 aliphatic heterocycles. The van der Waals surface area contributed by atoms with Crippen molar-refractivity contribution in [1.82, 2.24) is 0 Å². The monoisotopic (exact) mass is 266 g/mol. The predicted molar refractivity (Wildman–Crippen MR) is 76.5 cm³/mol. The van der Waals surface area contributed by atoms with E-state index in [2.05, 4.69) is 6.07 Å². The van der Waals surface area contributed by atoms with Crippen molar-refractivity contribution in [3.05, 3.63) is 64.2 Å². The van der Waals surface area contributed by atoms with Crippen LogP contribution in [0, 0.1) is 18.3 Å². The highest BCUT2D eigenvalue weighted by atomic mass is 16.4. The van der Waals surface area contributed by atoms with Crippen molar-refractivity contribution in [1.29, 1.82) is 5.26 Å². The fraction of sp³-hybridized carbons (Fsp3) is 0.125. The Kier molecular flexibility index (Phi) is 3.72. The lowest BCUT2D eigenvalue weighted by molar-refractivity contribution is 0.0698. The number of carboxylic acid groups (broad SMARTS) is 1. The average Bonchev–Trinajstić information content (AvgIpc) is 2.45. The molecule has 0 amide bonds. The summed E-state index contributed by atoms with van der Waals surface area (Å²) in [7, 11) is 0. The highest BCUT2D eigenvalue weighted by Crippen LogP contribution is 2.27. The molecule has 4 nitrogen and oxygen atoms in total. The Morgan fingerprint density at radius 2 is 2.00 bits per heavy atom. The number of aromatic carboxylic acids is 1. The highest BCUT2D eigenvalue weighted by molar-refractivity contribution is 5.95. The second-order valence-electron chi connectivity index (χ2n) is 4.57. The Hall–Kier alpha value is -2.80. The average molecular weight is 266 g/mol. The first-order chi connectivity index (χ1) is 9.54. The van der Waals surface area contributed by atoms with Crippen molar-refractivity contribution >= 4 is 11.7 Å². The predicted octanol–water partition coefficient (Wildman–Crippen LogP) is 2.74. The molecule has 0 saturated carbocycles. The van der Waals surface area contributed by atoms with E-state index in [0.29, 0.717) is 17.5 Å². The number of hydrogen-bond acceptors (Lipinski definition) is 3. The molecule has 0 fully saturated rings. The third kappa shape index (κ3) is 2.47. The van der Waals surface area contributed by atoms with Gasteiger partial charge in [-0.05, 0) is 36.1 Å². The number of nitrogens with two attached hydrogens (primary N) is 1. The number of benzene rings is 2. The van der Waals surface area contributed by atoms with E-state index in [9.17, 15) is 10.1 Å². The van der Waals surface area contributed by atoms with Crippen molar-refractivity contribution in [2.75, 3.05) is 5.73 Å². The maximum Gasteiger partial charge on any atom is 0.337 e. The number of rotatable bonds is 3. The van der Waals surface area contributed by atoms with E-state index >= 15 is 0 Å². The van der Waals surface area contributed by atoms with Crippen LogP contribution in [-0.4, -0.2) is 11.1 Å². The van der Waals surface area contributed by atoms with Crippen LogP contribution in [0.5, 0.6) is 0 Å². The molecule has 100 valence electrons. The van der Waals surface area contributed by atoms with Crippen molar-refractivity contribution in [2.45, 2.75) is 13.3 Å². The number of nitriles is 1. The first-order valence-corrected chi connectivity index (χ1v) is 6.14. The topological polar surface area (TPSA) is 87.1 Å². The molecule has 3 N–H and O–H groups in total. The van der Waals surface area contributed by atoms with Gasteiger partial charge in [-0.15, -0.1) is 0 Å². The summed E-state index contributed by atoms with van der Waals surface area (Å²) < 4.78 is 0. The summed E-state index contributed by atoms with van der Waals surface area (Å²) in [5.74, 6) is -1.12. The Bertz CT molecular complexity index is 701. The molecule has 0 atom stereocenters. The normalized spacial score (nSPS) is 10.0. The van der Waals surface area contributed by atoms with Crippen LogP contribution in [0.4, 0.5) is 5.69 Å². The summed E-state index contributed by atoms with van der Waals surface area (Å²) in [6.45, 7) is 1.75. The SMILES string of the molecule is Cc1c(N)c(C(=O)O)cc(C#N)c1Cc1ccccc1. The molecule has 0 aliphatic carbocycles. The zero-order valence-electron chi connectivity index (χ0n) is 11.1. The van der Waals surface area contributed by atoms with Gasteiger partial charge in [-0.1, -0.05) is 30.3 Å². The van der Waals surface area contributed by atoms with Gasteiger partial charge in [0.15, 0.2) is 0 Å². The Labute approximate surface area is 117 Å². The van der Waals surface area contributed by atoms with Crippen LogP contribution >= 0.6 is 0 Å². The first kappa shape index (κ1) is 13.6. The third-order valence-corrected chi connectivity index (χ3v) is 3.34. The van der Waals surface area contributed by atoms with Crippen LogP contribution in [0.15, 0.2) is 36.4 Å². The minimum absolute atomic E-state index is 0.0177. The summed E-state index contributed by atoms with van der Waals surface area (Å²) in [6.07, 6.45) is 0.555. The summed E-state index contributed by atoms with van der Waals surface area (Å²) in [4.78, 5) is 11.1. The Balaban J connectivity index is 2.56. The molecule has 0 aliphatic rings. The van der Waals surface area contributed by atoms with E-state index in [0.717, 1.165) is 11.1 Å². The molecule has 0 aromatic heterocycles. The lowest BCUT2D eigenvalue weighted by Gasteiger charge is -2.13. The van der Waals surface area contributed by atoms with Gasteiger partial charge in [0.1, 0.15) is 0 Å². The fourth-order valence-corrected chi connectivity index (χ4v) is 2.18. The lowest BCUT2D eigenvalue weighted by Crippen LogP contribution is -2.09. The van der Waals surface area contributed by atoms with Crippen LogP contribution in [0.25, 0.3) is 0 Å². The minimum atomic E-state index is -1.12. The van der Waals surface area contributed by atoms with Crippen molar-refractivity contribution in [3.8, 4) is 6.07 Å². The summed E-state index contributed by atoms with van der Waals surface area (Å²) in [6, 6.07) is 13.1. The maximum absolute atomic E-state index is 11.1. The van der Waals surface area contributed by atoms with Gasteiger partial charge in [0.2, 0.25) is 0 Å². The number of hydrogen-bond donors (Lipinski definition) is 2. The van der Waals surface area contributed by atoms with Crippen LogP contribution < -0.4 is 5.73 Å². The van der Waals surface area contributed by atoms with Gasteiger partial charge in [-0.3, -0.25) is 0 Å². The largest absolute Gasteiger partial charge is 0.478 e.